The lowest BCUT2D eigenvalue weighted by Crippen LogP contribution is -2.57. The molecule has 1 aliphatic heterocycles. The third-order valence-electron chi connectivity index (χ3n) is 4.58. The molecule has 7 heteroatoms. The molecule has 1 aromatic heterocycles. The van der Waals surface area contributed by atoms with Crippen molar-refractivity contribution in [3.05, 3.63) is 53.9 Å². The maximum atomic E-state index is 13.5. The monoisotopic (exact) mass is 344 g/mol. The van der Waals surface area contributed by atoms with Crippen LogP contribution in [-0.2, 0) is 11.2 Å². The first-order valence-corrected chi connectivity index (χ1v) is 8.35. The van der Waals surface area contributed by atoms with E-state index in [2.05, 4.69) is 15.3 Å². The van der Waals surface area contributed by atoms with Crippen molar-refractivity contribution >= 4 is 11.8 Å². The van der Waals surface area contributed by atoms with Crippen molar-refractivity contribution in [2.24, 2.45) is 0 Å². The summed E-state index contributed by atoms with van der Waals surface area (Å²) in [4.78, 5) is 32.8. The second-order valence-electron chi connectivity index (χ2n) is 6.30. The number of H-pyrrole nitrogens is 1. The summed E-state index contributed by atoms with van der Waals surface area (Å²) >= 11 is 0. The summed E-state index contributed by atoms with van der Waals surface area (Å²) in [5, 5.41) is 2.99. The number of nitrogens with one attached hydrogen (secondary N) is 2. The Hall–Kier alpha value is -2.70. The summed E-state index contributed by atoms with van der Waals surface area (Å²) in [5.41, 5.74) is 1.18. The first kappa shape index (κ1) is 17.1. The van der Waals surface area contributed by atoms with E-state index in [1.54, 1.807) is 11.0 Å². The predicted molar refractivity (Wildman–Crippen MR) is 90.4 cm³/mol. The number of likely N-dealkylation sites (tertiary alicyclic amines) is 1. The van der Waals surface area contributed by atoms with Gasteiger partial charge in [-0.2, -0.15) is 0 Å². The van der Waals surface area contributed by atoms with Gasteiger partial charge in [-0.25, -0.2) is 9.37 Å². The number of aromatic amines is 1. The molecule has 2 N–H and O–H groups in total. The molecule has 1 aromatic carbocycles. The standard InChI is InChI=1S/C18H21FN4O2/c1-12(24)23-7-3-6-15(22-18(25)16-10-20-11-21-16)17(23)9-13-4-2-5-14(19)8-13/h2,4-5,8,10-11,15,17H,3,6-7,9H2,1H3,(H,20,21)(H,22,25)/t15-,17-/m0/s1. The van der Waals surface area contributed by atoms with Crippen LogP contribution in [0.25, 0.3) is 0 Å². The van der Waals surface area contributed by atoms with Crippen LogP contribution in [0.3, 0.4) is 0 Å². The van der Waals surface area contributed by atoms with Gasteiger partial charge < -0.3 is 15.2 Å². The molecule has 0 aliphatic carbocycles. The molecule has 2 heterocycles. The number of imidazole rings is 1. The molecular formula is C18H21FN4O2. The number of aromatic nitrogens is 2. The SMILES string of the molecule is CC(=O)N1CCC[C@H](NC(=O)c2cnc[nH]2)[C@@H]1Cc1cccc(F)c1. The number of rotatable bonds is 4. The van der Waals surface area contributed by atoms with Crippen molar-refractivity contribution < 1.29 is 14.0 Å². The number of amides is 2. The number of carbonyl (C=O) groups is 2. The van der Waals surface area contributed by atoms with Crippen LogP contribution in [0, 0.1) is 5.82 Å². The van der Waals surface area contributed by atoms with Crippen LogP contribution >= 0.6 is 0 Å². The van der Waals surface area contributed by atoms with E-state index in [4.69, 9.17) is 0 Å². The van der Waals surface area contributed by atoms with Gasteiger partial charge in [-0.3, -0.25) is 9.59 Å². The summed E-state index contributed by atoms with van der Waals surface area (Å²) < 4.78 is 13.5. The molecule has 0 unspecified atom stereocenters. The third kappa shape index (κ3) is 4.04. The summed E-state index contributed by atoms with van der Waals surface area (Å²) in [6.45, 7) is 2.17. The minimum absolute atomic E-state index is 0.0399. The Morgan fingerprint density at radius 2 is 2.28 bits per heavy atom. The van der Waals surface area contributed by atoms with Gasteiger partial charge in [0.1, 0.15) is 11.5 Å². The molecule has 1 saturated heterocycles. The van der Waals surface area contributed by atoms with Crippen LogP contribution in [0.15, 0.2) is 36.8 Å². The molecule has 0 spiro atoms. The Balaban J connectivity index is 1.80. The van der Waals surface area contributed by atoms with Crippen LogP contribution in [0.2, 0.25) is 0 Å². The lowest BCUT2D eigenvalue weighted by molar-refractivity contribution is -0.133. The van der Waals surface area contributed by atoms with Crippen molar-refractivity contribution in [3.63, 3.8) is 0 Å². The van der Waals surface area contributed by atoms with Crippen LogP contribution in [0.5, 0.6) is 0 Å². The molecule has 132 valence electrons. The van der Waals surface area contributed by atoms with Crippen molar-refractivity contribution in [2.75, 3.05) is 6.54 Å². The molecule has 25 heavy (non-hydrogen) atoms. The smallest absolute Gasteiger partial charge is 0.269 e. The molecule has 0 radical (unpaired) electrons. The molecule has 2 atom stereocenters. The molecule has 0 saturated carbocycles. The molecule has 1 fully saturated rings. The Morgan fingerprint density at radius 1 is 1.44 bits per heavy atom. The molecular weight excluding hydrogens is 323 g/mol. The van der Waals surface area contributed by atoms with Crippen molar-refractivity contribution in [2.45, 2.75) is 38.3 Å². The zero-order chi connectivity index (χ0) is 17.8. The highest BCUT2D eigenvalue weighted by Crippen LogP contribution is 2.22. The normalized spacial score (nSPS) is 20.3. The summed E-state index contributed by atoms with van der Waals surface area (Å²) in [7, 11) is 0. The van der Waals surface area contributed by atoms with Crippen molar-refractivity contribution in [3.8, 4) is 0 Å². The van der Waals surface area contributed by atoms with E-state index in [0.717, 1.165) is 18.4 Å². The highest BCUT2D eigenvalue weighted by Gasteiger charge is 2.34. The van der Waals surface area contributed by atoms with Gasteiger partial charge in [0.05, 0.1) is 24.6 Å². The van der Waals surface area contributed by atoms with E-state index in [0.29, 0.717) is 18.7 Å². The zero-order valence-corrected chi connectivity index (χ0v) is 14.0. The lowest BCUT2D eigenvalue weighted by atomic mass is 9.90. The van der Waals surface area contributed by atoms with Gasteiger partial charge in [0.25, 0.3) is 5.91 Å². The fraction of sp³-hybridized carbons (Fsp3) is 0.389. The van der Waals surface area contributed by atoms with E-state index < -0.39 is 0 Å². The quantitative estimate of drug-likeness (QED) is 0.889. The maximum Gasteiger partial charge on any atom is 0.269 e. The number of carbonyl (C=O) groups excluding carboxylic acids is 2. The van der Waals surface area contributed by atoms with Gasteiger partial charge in [0, 0.05) is 13.5 Å². The first-order valence-electron chi connectivity index (χ1n) is 8.35. The van der Waals surface area contributed by atoms with E-state index in [-0.39, 0.29) is 29.7 Å². The van der Waals surface area contributed by atoms with Crippen molar-refractivity contribution in [1.82, 2.24) is 20.2 Å². The summed E-state index contributed by atoms with van der Waals surface area (Å²) in [6.07, 6.45) is 4.98. The Kier molecular flexibility index (Phi) is 5.11. The van der Waals surface area contributed by atoms with Gasteiger partial charge in [-0.05, 0) is 37.0 Å². The average Bonchev–Trinajstić information content (AvgIpc) is 3.11. The topological polar surface area (TPSA) is 78.1 Å². The second-order valence-corrected chi connectivity index (χ2v) is 6.30. The zero-order valence-electron chi connectivity index (χ0n) is 14.0. The predicted octanol–water partition coefficient (Wildman–Crippen LogP) is 1.90. The molecule has 2 aromatic rings. The van der Waals surface area contributed by atoms with Gasteiger partial charge in [0.15, 0.2) is 0 Å². The molecule has 6 nitrogen and oxygen atoms in total. The Morgan fingerprint density at radius 3 is 2.96 bits per heavy atom. The molecule has 3 rings (SSSR count). The largest absolute Gasteiger partial charge is 0.346 e. The van der Waals surface area contributed by atoms with Gasteiger partial charge >= 0.3 is 0 Å². The lowest BCUT2D eigenvalue weighted by Gasteiger charge is -2.41. The minimum atomic E-state index is -0.305. The first-order chi connectivity index (χ1) is 12.0. The Labute approximate surface area is 145 Å². The third-order valence-corrected chi connectivity index (χ3v) is 4.58. The molecule has 2 amide bonds. The highest BCUT2D eigenvalue weighted by atomic mass is 19.1. The van der Waals surface area contributed by atoms with Crippen LogP contribution in [0.4, 0.5) is 4.39 Å². The highest BCUT2D eigenvalue weighted by molar-refractivity contribution is 5.92. The maximum absolute atomic E-state index is 13.5. The number of piperidine rings is 1. The second kappa shape index (κ2) is 7.46. The van der Waals surface area contributed by atoms with Crippen LogP contribution in [-0.4, -0.2) is 45.3 Å². The van der Waals surface area contributed by atoms with E-state index in [1.807, 2.05) is 6.07 Å². The van der Waals surface area contributed by atoms with E-state index in [9.17, 15) is 14.0 Å². The van der Waals surface area contributed by atoms with Gasteiger partial charge in [-0.1, -0.05) is 12.1 Å². The number of hydrogen-bond donors (Lipinski definition) is 2. The minimum Gasteiger partial charge on any atom is -0.346 e. The van der Waals surface area contributed by atoms with Gasteiger partial charge in [-0.15, -0.1) is 0 Å². The molecule has 0 bridgehead atoms. The number of benzene rings is 1. The number of hydrogen-bond acceptors (Lipinski definition) is 3. The van der Waals surface area contributed by atoms with E-state index in [1.165, 1.54) is 31.6 Å². The summed E-state index contributed by atoms with van der Waals surface area (Å²) in [6, 6.07) is 5.95. The average molecular weight is 344 g/mol. The van der Waals surface area contributed by atoms with Crippen LogP contribution in [0.1, 0.15) is 35.8 Å². The number of halogens is 1. The van der Waals surface area contributed by atoms with Crippen LogP contribution < -0.4 is 5.32 Å². The van der Waals surface area contributed by atoms with E-state index >= 15 is 0 Å². The van der Waals surface area contributed by atoms with Gasteiger partial charge in [0.2, 0.25) is 5.91 Å². The summed E-state index contributed by atoms with van der Waals surface area (Å²) in [5.74, 6) is -0.597. The molecule has 1 aliphatic rings. The fourth-order valence-electron chi connectivity index (χ4n) is 3.40. The Bertz CT molecular complexity index is 747. The fourth-order valence-corrected chi connectivity index (χ4v) is 3.40. The number of nitrogens with zero attached hydrogens (tertiary/aromatic N) is 2. The van der Waals surface area contributed by atoms with Crippen molar-refractivity contribution in [1.29, 1.82) is 0 Å².